The summed E-state index contributed by atoms with van der Waals surface area (Å²) < 4.78 is 25.1. The van der Waals surface area contributed by atoms with Gasteiger partial charge in [0.1, 0.15) is 5.69 Å². The van der Waals surface area contributed by atoms with Gasteiger partial charge in [-0.3, -0.25) is 0 Å². The normalized spacial score (nSPS) is 15.6. The summed E-state index contributed by atoms with van der Waals surface area (Å²) >= 11 is 0. The van der Waals surface area contributed by atoms with Gasteiger partial charge in [-0.1, -0.05) is 0 Å². The highest BCUT2D eigenvalue weighted by molar-refractivity contribution is 5.35. The van der Waals surface area contributed by atoms with Gasteiger partial charge >= 0.3 is 0 Å². The van der Waals surface area contributed by atoms with E-state index in [1.165, 1.54) is 6.20 Å². The topological polar surface area (TPSA) is 49.3 Å². The summed E-state index contributed by atoms with van der Waals surface area (Å²) in [6, 6.07) is 0. The van der Waals surface area contributed by atoms with Crippen molar-refractivity contribution >= 4 is 5.95 Å². The number of aromatic nitrogens is 2. The van der Waals surface area contributed by atoms with E-state index >= 15 is 0 Å². The van der Waals surface area contributed by atoms with E-state index in [4.69, 9.17) is 5.11 Å². The van der Waals surface area contributed by atoms with Crippen molar-refractivity contribution in [1.82, 2.24) is 9.97 Å². The maximum atomic E-state index is 12.6. The van der Waals surface area contributed by atoms with Crippen molar-refractivity contribution in [3.63, 3.8) is 0 Å². The lowest BCUT2D eigenvalue weighted by Gasteiger charge is -2.31. The smallest absolute Gasteiger partial charge is 0.280 e. The molecule has 4 nitrogen and oxygen atoms in total. The molecule has 1 aliphatic heterocycles. The lowest BCUT2D eigenvalue weighted by Crippen LogP contribution is -2.38. The predicted molar refractivity (Wildman–Crippen MR) is 49.7 cm³/mol. The SMILES string of the molecule is OCc1cnc(N2CCC2)nc1C(F)F. The molecule has 0 aliphatic carbocycles. The summed E-state index contributed by atoms with van der Waals surface area (Å²) in [5.74, 6) is 0.328. The molecule has 1 fully saturated rings. The van der Waals surface area contributed by atoms with Crippen LogP contribution in [0.2, 0.25) is 0 Å². The summed E-state index contributed by atoms with van der Waals surface area (Å²) in [4.78, 5) is 9.53. The maximum absolute atomic E-state index is 12.6. The van der Waals surface area contributed by atoms with Crippen LogP contribution in [0, 0.1) is 0 Å². The van der Waals surface area contributed by atoms with Crippen LogP contribution in [0.4, 0.5) is 14.7 Å². The van der Waals surface area contributed by atoms with E-state index in [0.29, 0.717) is 5.95 Å². The van der Waals surface area contributed by atoms with Crippen molar-refractivity contribution in [2.75, 3.05) is 18.0 Å². The van der Waals surface area contributed by atoms with E-state index < -0.39 is 13.0 Å². The largest absolute Gasteiger partial charge is 0.392 e. The molecule has 6 heteroatoms. The second kappa shape index (κ2) is 4.06. The third-order valence-corrected chi connectivity index (χ3v) is 2.40. The van der Waals surface area contributed by atoms with Crippen molar-refractivity contribution in [3.05, 3.63) is 17.5 Å². The first-order chi connectivity index (χ1) is 7.22. The first-order valence-corrected chi connectivity index (χ1v) is 4.72. The van der Waals surface area contributed by atoms with E-state index in [1.807, 2.05) is 4.90 Å². The highest BCUT2D eigenvalue weighted by atomic mass is 19.3. The Balaban J connectivity index is 2.31. The minimum absolute atomic E-state index is 0.0919. The molecule has 15 heavy (non-hydrogen) atoms. The number of aliphatic hydroxyl groups excluding tert-OH is 1. The molecule has 0 radical (unpaired) electrons. The van der Waals surface area contributed by atoms with Crippen LogP contribution in [0.5, 0.6) is 0 Å². The van der Waals surface area contributed by atoms with E-state index in [0.717, 1.165) is 19.5 Å². The van der Waals surface area contributed by atoms with Crippen LogP contribution in [-0.2, 0) is 6.61 Å². The number of aliphatic hydroxyl groups is 1. The Morgan fingerprint density at radius 2 is 2.20 bits per heavy atom. The molecule has 1 aromatic rings. The predicted octanol–water partition coefficient (Wildman–Crippen LogP) is 1.12. The van der Waals surface area contributed by atoms with Crippen LogP contribution in [0.25, 0.3) is 0 Å². The molecule has 1 saturated heterocycles. The summed E-state index contributed by atoms with van der Waals surface area (Å²) in [6.45, 7) is 1.16. The minimum atomic E-state index is -2.67. The average molecular weight is 215 g/mol. The summed E-state index contributed by atoms with van der Waals surface area (Å²) in [7, 11) is 0. The molecule has 2 rings (SSSR count). The van der Waals surface area contributed by atoms with Crippen molar-refractivity contribution < 1.29 is 13.9 Å². The lowest BCUT2D eigenvalue weighted by atomic mass is 10.2. The van der Waals surface area contributed by atoms with Gasteiger partial charge in [0, 0.05) is 24.8 Å². The summed E-state index contributed by atoms with van der Waals surface area (Å²) in [5, 5.41) is 8.84. The van der Waals surface area contributed by atoms with Crippen LogP contribution in [0.1, 0.15) is 24.1 Å². The van der Waals surface area contributed by atoms with Crippen LogP contribution in [0.15, 0.2) is 6.20 Å². The Hall–Kier alpha value is -1.30. The molecule has 0 bridgehead atoms. The summed E-state index contributed by atoms with van der Waals surface area (Å²) in [6.07, 6.45) is -0.368. The molecule has 0 saturated carbocycles. The van der Waals surface area contributed by atoms with Crippen molar-refractivity contribution in [1.29, 1.82) is 0 Å². The van der Waals surface area contributed by atoms with Crippen LogP contribution in [-0.4, -0.2) is 28.2 Å². The fraction of sp³-hybridized carbons (Fsp3) is 0.556. The molecule has 1 aliphatic rings. The highest BCUT2D eigenvalue weighted by Gasteiger charge is 2.21. The van der Waals surface area contributed by atoms with Crippen molar-refractivity contribution in [3.8, 4) is 0 Å². The molecule has 1 aromatic heterocycles. The number of alkyl halides is 2. The van der Waals surface area contributed by atoms with Gasteiger partial charge in [0.05, 0.1) is 6.61 Å². The lowest BCUT2D eigenvalue weighted by molar-refractivity contribution is 0.141. The minimum Gasteiger partial charge on any atom is -0.392 e. The molecule has 82 valence electrons. The number of nitrogens with zero attached hydrogens (tertiary/aromatic N) is 3. The van der Waals surface area contributed by atoms with E-state index in [-0.39, 0.29) is 11.3 Å². The molecular formula is C9H11F2N3O. The van der Waals surface area contributed by atoms with Gasteiger partial charge in [-0.05, 0) is 6.42 Å². The number of halogens is 2. The Kier molecular flexibility index (Phi) is 2.77. The molecule has 1 N–H and O–H groups in total. The average Bonchev–Trinajstić information content (AvgIpc) is 2.15. The number of hydrogen-bond donors (Lipinski definition) is 1. The molecule has 0 spiro atoms. The second-order valence-corrected chi connectivity index (χ2v) is 3.38. The standard InChI is InChI=1S/C9H11F2N3O/c10-8(11)7-6(5-15)4-12-9(13-7)14-2-1-3-14/h4,8,15H,1-3,5H2. The van der Waals surface area contributed by atoms with Gasteiger partial charge in [-0.25, -0.2) is 18.7 Å². The first kappa shape index (κ1) is 10.2. The van der Waals surface area contributed by atoms with Gasteiger partial charge in [0.2, 0.25) is 5.95 Å². The number of rotatable bonds is 3. The van der Waals surface area contributed by atoms with Gasteiger partial charge < -0.3 is 10.0 Å². The zero-order valence-electron chi connectivity index (χ0n) is 8.03. The first-order valence-electron chi connectivity index (χ1n) is 4.72. The third kappa shape index (κ3) is 1.90. The zero-order valence-corrected chi connectivity index (χ0v) is 8.03. The van der Waals surface area contributed by atoms with Gasteiger partial charge in [0.25, 0.3) is 6.43 Å². The number of anilines is 1. The van der Waals surface area contributed by atoms with Crippen LogP contribution < -0.4 is 4.90 Å². The van der Waals surface area contributed by atoms with Gasteiger partial charge in [0.15, 0.2) is 0 Å². The monoisotopic (exact) mass is 215 g/mol. The van der Waals surface area contributed by atoms with Crippen LogP contribution >= 0.6 is 0 Å². The molecule has 0 unspecified atom stereocenters. The zero-order chi connectivity index (χ0) is 10.8. The van der Waals surface area contributed by atoms with Gasteiger partial charge in [-0.2, -0.15) is 0 Å². The van der Waals surface area contributed by atoms with Crippen molar-refractivity contribution in [2.45, 2.75) is 19.5 Å². The Morgan fingerprint density at radius 1 is 1.47 bits per heavy atom. The molecular weight excluding hydrogens is 204 g/mol. The Morgan fingerprint density at radius 3 is 2.67 bits per heavy atom. The Bertz CT molecular complexity index is 355. The number of hydrogen-bond acceptors (Lipinski definition) is 4. The highest BCUT2D eigenvalue weighted by Crippen LogP contribution is 2.24. The van der Waals surface area contributed by atoms with E-state index in [2.05, 4.69) is 9.97 Å². The van der Waals surface area contributed by atoms with Crippen molar-refractivity contribution in [2.24, 2.45) is 0 Å². The fourth-order valence-electron chi connectivity index (χ4n) is 1.39. The van der Waals surface area contributed by atoms with E-state index in [1.54, 1.807) is 0 Å². The fourth-order valence-corrected chi connectivity index (χ4v) is 1.39. The maximum Gasteiger partial charge on any atom is 0.280 e. The van der Waals surface area contributed by atoms with E-state index in [9.17, 15) is 8.78 Å². The Labute approximate surface area is 85.6 Å². The molecule has 0 amide bonds. The third-order valence-electron chi connectivity index (χ3n) is 2.40. The molecule has 0 aromatic carbocycles. The molecule has 0 atom stereocenters. The molecule has 2 heterocycles. The summed E-state index contributed by atoms with van der Waals surface area (Å²) in [5.41, 5.74) is -0.274. The van der Waals surface area contributed by atoms with Gasteiger partial charge in [-0.15, -0.1) is 0 Å². The second-order valence-electron chi connectivity index (χ2n) is 3.38. The quantitative estimate of drug-likeness (QED) is 0.820. The van der Waals surface area contributed by atoms with Crippen LogP contribution in [0.3, 0.4) is 0 Å².